The number of amides is 1. The van der Waals surface area contributed by atoms with E-state index in [4.69, 9.17) is 4.74 Å². The lowest BCUT2D eigenvalue weighted by Crippen LogP contribution is -2.67. The average Bonchev–Trinajstić information content (AvgIpc) is 3.04. The first-order valence-corrected chi connectivity index (χ1v) is 10.1. The number of carbonyl (C=O) groups is 1. The maximum Gasteiger partial charge on any atom is 0.416 e. The fourth-order valence-corrected chi connectivity index (χ4v) is 5.03. The van der Waals surface area contributed by atoms with Gasteiger partial charge >= 0.3 is 6.18 Å². The van der Waals surface area contributed by atoms with Crippen LogP contribution in [0.5, 0.6) is 0 Å². The highest BCUT2D eigenvalue weighted by Crippen LogP contribution is 2.48. The van der Waals surface area contributed by atoms with Crippen LogP contribution in [-0.4, -0.2) is 53.3 Å². The molecule has 0 bridgehead atoms. The van der Waals surface area contributed by atoms with Crippen LogP contribution < -0.4 is 0 Å². The van der Waals surface area contributed by atoms with Crippen LogP contribution in [0.3, 0.4) is 0 Å². The van der Waals surface area contributed by atoms with Crippen LogP contribution >= 0.6 is 0 Å². The highest BCUT2D eigenvalue weighted by molar-refractivity contribution is 5.83. The molecule has 0 aromatic heterocycles. The quantitative estimate of drug-likeness (QED) is 0.705. The Labute approximate surface area is 167 Å². The highest BCUT2D eigenvalue weighted by Gasteiger charge is 2.61. The predicted octanol–water partition coefficient (Wildman–Crippen LogP) is 3.85. The summed E-state index contributed by atoms with van der Waals surface area (Å²) in [5.41, 5.74) is -0.632. The molecule has 4 atom stereocenters. The fraction of sp³-hybridized carbons (Fsp3) is 0.667. The van der Waals surface area contributed by atoms with Gasteiger partial charge in [0.15, 0.2) is 6.17 Å². The monoisotopic (exact) mass is 414 g/mol. The Morgan fingerprint density at radius 2 is 1.93 bits per heavy atom. The summed E-state index contributed by atoms with van der Waals surface area (Å²) in [6.07, 6.45) is -5.16. The summed E-state index contributed by atoms with van der Waals surface area (Å²) in [5.74, 6) is -0.440. The lowest BCUT2D eigenvalue weighted by atomic mass is 9.78. The average molecular weight is 414 g/mol. The number of rotatable bonds is 3. The van der Waals surface area contributed by atoms with E-state index in [9.17, 15) is 22.4 Å². The molecule has 3 aliphatic heterocycles. The van der Waals surface area contributed by atoms with Gasteiger partial charge in [0.1, 0.15) is 5.72 Å². The van der Waals surface area contributed by atoms with E-state index in [0.717, 1.165) is 17.7 Å². The molecule has 0 aliphatic carbocycles. The zero-order valence-corrected chi connectivity index (χ0v) is 16.6. The van der Waals surface area contributed by atoms with Gasteiger partial charge in [-0.25, -0.2) is 4.39 Å². The number of hydrogen-bond donors (Lipinski definition) is 0. The molecule has 3 heterocycles. The first-order chi connectivity index (χ1) is 13.6. The van der Waals surface area contributed by atoms with Gasteiger partial charge in [-0.15, -0.1) is 0 Å². The second kappa shape index (κ2) is 7.23. The third-order valence-corrected chi connectivity index (χ3v) is 6.60. The molecule has 29 heavy (non-hydrogen) atoms. The van der Waals surface area contributed by atoms with Crippen LogP contribution in [0.1, 0.15) is 37.8 Å². The Hall–Kier alpha value is -1.67. The van der Waals surface area contributed by atoms with Crippen molar-refractivity contribution in [2.45, 2.75) is 57.3 Å². The molecule has 1 amide bonds. The van der Waals surface area contributed by atoms with Crippen LogP contribution in [0.2, 0.25) is 0 Å². The molecule has 1 unspecified atom stereocenters. The van der Waals surface area contributed by atoms with Crippen molar-refractivity contribution in [3.8, 4) is 0 Å². The molecule has 3 fully saturated rings. The number of halogens is 4. The van der Waals surface area contributed by atoms with E-state index < -0.39 is 29.5 Å². The van der Waals surface area contributed by atoms with Crippen molar-refractivity contribution in [1.82, 2.24) is 9.80 Å². The SMILES string of the molecule is CC(C)[C@H]1CO[C@]23CCN(Cc4ccc(C(F)(F)F)cc4)C[C@H]2CC(F)C(=O)N13. The molecular formula is C21H26F4N2O2. The van der Waals surface area contributed by atoms with Crippen molar-refractivity contribution in [1.29, 1.82) is 0 Å². The normalized spacial score (nSPS) is 33.1. The third-order valence-electron chi connectivity index (χ3n) is 6.60. The van der Waals surface area contributed by atoms with Crippen LogP contribution in [-0.2, 0) is 22.3 Å². The molecule has 1 aromatic carbocycles. The Morgan fingerprint density at radius 1 is 1.24 bits per heavy atom. The van der Waals surface area contributed by atoms with E-state index in [2.05, 4.69) is 4.90 Å². The minimum absolute atomic E-state index is 0.120. The molecule has 3 aliphatic rings. The summed E-state index contributed by atoms with van der Waals surface area (Å²) in [5, 5.41) is 0. The molecule has 4 nitrogen and oxygen atoms in total. The van der Waals surface area contributed by atoms with Crippen molar-refractivity contribution in [3.63, 3.8) is 0 Å². The van der Waals surface area contributed by atoms with Crippen LogP contribution in [0.15, 0.2) is 24.3 Å². The van der Waals surface area contributed by atoms with Gasteiger partial charge in [-0.1, -0.05) is 26.0 Å². The number of benzene rings is 1. The summed E-state index contributed by atoms with van der Waals surface area (Å²) in [6.45, 7) is 6.13. The largest absolute Gasteiger partial charge is 0.416 e. The van der Waals surface area contributed by atoms with E-state index in [1.54, 1.807) is 4.90 Å². The number of carbonyl (C=O) groups excluding carboxylic acids is 1. The summed E-state index contributed by atoms with van der Waals surface area (Å²) >= 11 is 0. The van der Waals surface area contributed by atoms with E-state index in [0.29, 0.717) is 32.7 Å². The molecule has 1 spiro atoms. The second-order valence-electron chi connectivity index (χ2n) is 8.76. The van der Waals surface area contributed by atoms with Crippen molar-refractivity contribution in [3.05, 3.63) is 35.4 Å². The van der Waals surface area contributed by atoms with Crippen LogP contribution in [0, 0.1) is 11.8 Å². The van der Waals surface area contributed by atoms with Gasteiger partial charge in [-0.05, 0) is 30.0 Å². The first-order valence-electron chi connectivity index (χ1n) is 10.1. The maximum atomic E-state index is 14.6. The summed E-state index contributed by atoms with van der Waals surface area (Å²) < 4.78 is 59.0. The number of nitrogens with zero attached hydrogens (tertiary/aromatic N) is 2. The van der Waals surface area contributed by atoms with E-state index in [-0.39, 0.29) is 24.3 Å². The molecule has 0 saturated carbocycles. The Balaban J connectivity index is 1.49. The van der Waals surface area contributed by atoms with E-state index in [1.165, 1.54) is 12.1 Å². The topological polar surface area (TPSA) is 32.8 Å². The zero-order valence-electron chi connectivity index (χ0n) is 16.6. The molecule has 1 aromatic rings. The van der Waals surface area contributed by atoms with Gasteiger partial charge in [0.05, 0.1) is 18.2 Å². The molecule has 3 saturated heterocycles. The summed E-state index contributed by atoms with van der Waals surface area (Å²) in [6, 6.07) is 5.04. The fourth-order valence-electron chi connectivity index (χ4n) is 5.03. The molecular weight excluding hydrogens is 388 g/mol. The number of ether oxygens (including phenoxy) is 1. The van der Waals surface area contributed by atoms with Gasteiger partial charge in [0.25, 0.3) is 5.91 Å². The van der Waals surface area contributed by atoms with Crippen molar-refractivity contribution >= 4 is 5.91 Å². The number of piperidine rings is 2. The molecule has 8 heteroatoms. The lowest BCUT2D eigenvalue weighted by Gasteiger charge is -2.53. The smallest absolute Gasteiger partial charge is 0.353 e. The molecule has 4 rings (SSSR count). The van der Waals surface area contributed by atoms with Crippen LogP contribution in [0.25, 0.3) is 0 Å². The minimum atomic E-state index is -4.35. The lowest BCUT2D eigenvalue weighted by molar-refractivity contribution is -0.201. The highest BCUT2D eigenvalue weighted by atomic mass is 19.4. The first kappa shape index (κ1) is 20.6. The zero-order chi connectivity index (χ0) is 21.0. The van der Waals surface area contributed by atoms with Crippen molar-refractivity contribution in [2.75, 3.05) is 19.7 Å². The maximum absolute atomic E-state index is 14.6. The van der Waals surface area contributed by atoms with E-state index in [1.807, 2.05) is 13.8 Å². The van der Waals surface area contributed by atoms with Crippen molar-refractivity contribution in [2.24, 2.45) is 11.8 Å². The number of likely N-dealkylation sites (tertiary alicyclic amines) is 1. The van der Waals surface area contributed by atoms with Crippen LogP contribution in [0.4, 0.5) is 17.6 Å². The third kappa shape index (κ3) is 3.54. The number of alkyl halides is 4. The molecule has 0 N–H and O–H groups in total. The molecule has 0 radical (unpaired) electrons. The standard InChI is InChI=1S/C21H26F4N2O2/c1-13(2)18-12-29-20-7-8-26(11-16(20)9-17(22)19(28)27(18)20)10-14-3-5-15(6-4-14)21(23,24)25/h3-6,13,16-18H,7-12H2,1-2H3/t16-,17?,18-,20-/m1/s1. The van der Waals surface area contributed by atoms with Gasteiger partial charge in [-0.2, -0.15) is 13.2 Å². The van der Waals surface area contributed by atoms with Gasteiger partial charge in [0, 0.05) is 32.0 Å². The van der Waals surface area contributed by atoms with Gasteiger partial charge in [0.2, 0.25) is 0 Å². The van der Waals surface area contributed by atoms with Gasteiger partial charge < -0.3 is 9.64 Å². The Kier molecular flexibility index (Phi) is 5.14. The molecule has 160 valence electrons. The number of hydrogen-bond acceptors (Lipinski definition) is 3. The van der Waals surface area contributed by atoms with Gasteiger partial charge in [-0.3, -0.25) is 9.69 Å². The Morgan fingerprint density at radius 3 is 2.55 bits per heavy atom. The van der Waals surface area contributed by atoms with E-state index >= 15 is 0 Å². The summed E-state index contributed by atoms with van der Waals surface area (Å²) in [7, 11) is 0. The summed E-state index contributed by atoms with van der Waals surface area (Å²) in [4.78, 5) is 16.4. The second-order valence-corrected chi connectivity index (χ2v) is 8.76. The minimum Gasteiger partial charge on any atom is -0.353 e. The van der Waals surface area contributed by atoms with Crippen molar-refractivity contribution < 1.29 is 27.1 Å². The predicted molar refractivity (Wildman–Crippen MR) is 98.5 cm³/mol. The Bertz CT molecular complexity index is 767.